The van der Waals surface area contributed by atoms with Gasteiger partial charge in [0.25, 0.3) is 11.5 Å². The van der Waals surface area contributed by atoms with Crippen molar-refractivity contribution in [2.75, 3.05) is 5.43 Å². The smallest absolute Gasteiger partial charge is 0.271 e. The Balaban J connectivity index is 1.65. The second kappa shape index (κ2) is 7.50. The fourth-order valence-corrected chi connectivity index (χ4v) is 5.57. The van der Waals surface area contributed by atoms with E-state index in [-0.39, 0.29) is 23.4 Å². The average molecular weight is 448 g/mol. The maximum absolute atomic E-state index is 13.3. The fraction of sp³-hybridized carbons (Fsp3) is 0.524. The summed E-state index contributed by atoms with van der Waals surface area (Å²) in [4.78, 5) is 32.4. The highest BCUT2D eigenvalue weighted by Crippen LogP contribution is 2.42. The number of nitrogens with zero attached hydrogens (tertiary/aromatic N) is 4. The molecule has 0 saturated heterocycles. The Morgan fingerprint density at radius 3 is 2.73 bits per heavy atom. The van der Waals surface area contributed by atoms with Gasteiger partial charge < -0.3 is 0 Å². The van der Waals surface area contributed by atoms with Crippen LogP contribution in [0, 0.1) is 25.2 Å². The molecule has 0 bridgehead atoms. The summed E-state index contributed by atoms with van der Waals surface area (Å²) in [5.74, 6) is 0.685. The molecule has 1 N–H and O–H groups in total. The molecule has 0 aliphatic heterocycles. The number of nitrogens with one attached hydrogen (secondary N) is 1. The molecule has 0 radical (unpaired) electrons. The predicted molar refractivity (Wildman–Crippen MR) is 120 cm³/mol. The molecule has 3 aromatic rings. The highest BCUT2D eigenvalue weighted by Gasteiger charge is 2.32. The number of hydrogen-bond acceptors (Lipinski definition) is 5. The summed E-state index contributed by atoms with van der Waals surface area (Å²) in [7, 11) is 0. The molecule has 1 aliphatic carbocycles. The minimum absolute atomic E-state index is 0.0352. The van der Waals surface area contributed by atoms with Gasteiger partial charge in [0.2, 0.25) is 0 Å². The minimum Gasteiger partial charge on any atom is -0.271 e. The van der Waals surface area contributed by atoms with E-state index in [0.717, 1.165) is 29.7 Å². The summed E-state index contributed by atoms with van der Waals surface area (Å²) in [6.45, 7) is 10.3. The van der Waals surface area contributed by atoms with E-state index in [2.05, 4.69) is 36.3 Å². The maximum atomic E-state index is 13.3. The van der Waals surface area contributed by atoms with Crippen molar-refractivity contribution in [2.45, 2.75) is 60.4 Å². The fourth-order valence-electron chi connectivity index (χ4n) is 4.08. The van der Waals surface area contributed by atoms with Gasteiger partial charge in [-0.1, -0.05) is 32.4 Å². The van der Waals surface area contributed by atoms with Crippen LogP contribution in [0.5, 0.6) is 0 Å². The second-order valence-corrected chi connectivity index (χ2v) is 10.6. The summed E-state index contributed by atoms with van der Waals surface area (Å²) >= 11 is 7.62. The second-order valence-electron chi connectivity index (χ2n) is 9.08. The molecule has 3 heterocycles. The van der Waals surface area contributed by atoms with Gasteiger partial charge in [0.1, 0.15) is 17.2 Å². The van der Waals surface area contributed by atoms with Gasteiger partial charge in [-0.2, -0.15) is 5.10 Å². The van der Waals surface area contributed by atoms with Crippen LogP contribution in [0.4, 0.5) is 0 Å². The topological polar surface area (TPSA) is 81.8 Å². The van der Waals surface area contributed by atoms with Crippen LogP contribution in [-0.4, -0.2) is 25.3 Å². The molecule has 3 aromatic heterocycles. The Morgan fingerprint density at radius 2 is 2.10 bits per heavy atom. The number of halogens is 1. The molecule has 0 aromatic carbocycles. The Kier molecular flexibility index (Phi) is 5.26. The van der Waals surface area contributed by atoms with Crippen LogP contribution in [-0.2, 0) is 24.2 Å². The predicted octanol–water partition coefficient (Wildman–Crippen LogP) is 3.85. The number of aryl methyl sites for hydroxylation is 3. The van der Waals surface area contributed by atoms with Crippen LogP contribution in [0.2, 0.25) is 5.02 Å². The number of carbonyl (C=O) groups is 1. The van der Waals surface area contributed by atoms with E-state index in [4.69, 9.17) is 11.6 Å². The lowest BCUT2D eigenvalue weighted by molar-refractivity contribution is -0.117. The standard InChI is InChI=1S/C21H26ClN5O2S/c1-11-15(22)9-26(24-11)10-17(28)25-27-12(2)23-19-18(20(27)29)14-7-6-13(21(3,4)5)8-16(14)30-19/h9,13H,6-8,10H2,1-5H3,(H,25,28)/t13-/m1/s1. The summed E-state index contributed by atoms with van der Waals surface area (Å²) in [5.41, 5.74) is 4.46. The number of rotatable bonds is 3. The van der Waals surface area contributed by atoms with E-state index in [9.17, 15) is 9.59 Å². The molecule has 1 aliphatic rings. The summed E-state index contributed by atoms with van der Waals surface area (Å²) in [6.07, 6.45) is 4.50. The molecule has 0 spiro atoms. The van der Waals surface area contributed by atoms with Crippen molar-refractivity contribution in [3.63, 3.8) is 0 Å². The van der Waals surface area contributed by atoms with Crippen molar-refractivity contribution in [3.8, 4) is 0 Å². The van der Waals surface area contributed by atoms with Gasteiger partial charge in [-0.05, 0) is 50.0 Å². The van der Waals surface area contributed by atoms with E-state index < -0.39 is 0 Å². The number of amides is 1. The van der Waals surface area contributed by atoms with E-state index in [1.54, 1.807) is 31.4 Å². The summed E-state index contributed by atoms with van der Waals surface area (Å²) in [5, 5.41) is 5.33. The first-order chi connectivity index (χ1) is 14.0. The molecule has 7 nitrogen and oxygen atoms in total. The first-order valence-corrected chi connectivity index (χ1v) is 11.3. The zero-order valence-electron chi connectivity index (χ0n) is 17.9. The van der Waals surface area contributed by atoms with Gasteiger partial charge >= 0.3 is 0 Å². The normalized spacial score (nSPS) is 16.7. The van der Waals surface area contributed by atoms with Crippen molar-refractivity contribution in [1.82, 2.24) is 19.4 Å². The number of carbonyl (C=O) groups excluding carboxylic acids is 1. The van der Waals surface area contributed by atoms with Crippen molar-refractivity contribution in [1.29, 1.82) is 0 Å². The quantitative estimate of drug-likeness (QED) is 0.661. The third-order valence-corrected chi connectivity index (χ3v) is 7.42. The summed E-state index contributed by atoms with van der Waals surface area (Å²) < 4.78 is 2.71. The molecule has 0 fully saturated rings. The Morgan fingerprint density at radius 1 is 1.37 bits per heavy atom. The minimum atomic E-state index is -0.364. The lowest BCUT2D eigenvalue weighted by Gasteiger charge is -2.33. The van der Waals surface area contributed by atoms with Gasteiger partial charge in [-0.3, -0.25) is 19.7 Å². The highest BCUT2D eigenvalue weighted by atomic mass is 35.5. The molecule has 1 amide bonds. The zero-order chi connectivity index (χ0) is 21.8. The Labute approximate surface area is 184 Å². The molecular formula is C21H26ClN5O2S. The molecule has 0 saturated carbocycles. The largest absolute Gasteiger partial charge is 0.281 e. The van der Waals surface area contributed by atoms with Crippen molar-refractivity contribution in [2.24, 2.45) is 11.3 Å². The molecule has 1 atom stereocenters. The number of fused-ring (bicyclic) bond motifs is 3. The molecule has 9 heteroatoms. The third kappa shape index (κ3) is 3.78. The van der Waals surface area contributed by atoms with Crippen LogP contribution in [0.25, 0.3) is 10.2 Å². The van der Waals surface area contributed by atoms with E-state index in [1.807, 2.05) is 0 Å². The first kappa shape index (κ1) is 21.1. The third-order valence-electron chi connectivity index (χ3n) is 5.90. The average Bonchev–Trinajstić information content (AvgIpc) is 3.16. The van der Waals surface area contributed by atoms with Gasteiger partial charge in [0, 0.05) is 11.1 Å². The van der Waals surface area contributed by atoms with Gasteiger partial charge in [-0.15, -0.1) is 11.3 Å². The van der Waals surface area contributed by atoms with Crippen LogP contribution < -0.4 is 11.0 Å². The Hall–Kier alpha value is -2.19. The van der Waals surface area contributed by atoms with Crippen LogP contribution in [0.15, 0.2) is 11.0 Å². The molecule has 160 valence electrons. The van der Waals surface area contributed by atoms with Gasteiger partial charge in [0.15, 0.2) is 0 Å². The zero-order valence-corrected chi connectivity index (χ0v) is 19.4. The van der Waals surface area contributed by atoms with Crippen molar-refractivity contribution < 1.29 is 4.79 Å². The van der Waals surface area contributed by atoms with Crippen molar-refractivity contribution >= 4 is 39.1 Å². The molecule has 0 unspecified atom stereocenters. The first-order valence-electron chi connectivity index (χ1n) is 10.1. The monoisotopic (exact) mass is 447 g/mol. The van der Waals surface area contributed by atoms with Crippen molar-refractivity contribution in [3.05, 3.63) is 43.5 Å². The Bertz CT molecular complexity index is 1180. The number of thiophene rings is 1. The van der Waals surface area contributed by atoms with Crippen LogP contribution in [0.3, 0.4) is 0 Å². The molecular weight excluding hydrogens is 422 g/mol. The lowest BCUT2D eigenvalue weighted by Crippen LogP contribution is -2.37. The summed E-state index contributed by atoms with van der Waals surface area (Å²) in [6, 6.07) is 0. The molecule has 30 heavy (non-hydrogen) atoms. The van der Waals surface area contributed by atoms with Crippen LogP contribution >= 0.6 is 22.9 Å². The van der Waals surface area contributed by atoms with Crippen LogP contribution in [0.1, 0.15) is 49.2 Å². The van der Waals surface area contributed by atoms with E-state index >= 15 is 0 Å². The van der Waals surface area contributed by atoms with E-state index in [0.29, 0.717) is 27.8 Å². The molecule has 4 rings (SSSR count). The van der Waals surface area contributed by atoms with E-state index in [1.165, 1.54) is 14.2 Å². The maximum Gasteiger partial charge on any atom is 0.281 e. The van der Waals surface area contributed by atoms with Gasteiger partial charge in [-0.25, -0.2) is 9.66 Å². The van der Waals surface area contributed by atoms with Gasteiger partial charge in [0.05, 0.1) is 16.1 Å². The lowest BCUT2D eigenvalue weighted by atomic mass is 9.72. The highest BCUT2D eigenvalue weighted by molar-refractivity contribution is 7.18. The SMILES string of the molecule is Cc1nn(CC(=O)Nn2c(C)nc3sc4c(c3c2=O)CC[C@@H](C(C)(C)C)C4)cc1Cl. The number of aromatic nitrogens is 4. The number of hydrogen-bond donors (Lipinski definition) is 1.